The predicted octanol–water partition coefficient (Wildman–Crippen LogP) is 4.42. The SMILES string of the molecule is CN(C(=O)CCc1ncc(-c2ccccc2)o1)C1CCc2ccccc21. The van der Waals surface area contributed by atoms with E-state index in [0.29, 0.717) is 18.7 Å². The number of amides is 1. The monoisotopic (exact) mass is 346 g/mol. The number of hydrogen-bond donors (Lipinski definition) is 0. The number of carbonyl (C=O) groups is 1. The molecule has 1 aliphatic rings. The average Bonchev–Trinajstić information content (AvgIpc) is 3.33. The zero-order valence-electron chi connectivity index (χ0n) is 14.9. The lowest BCUT2D eigenvalue weighted by atomic mass is 10.1. The van der Waals surface area contributed by atoms with Crippen LogP contribution >= 0.6 is 0 Å². The Morgan fingerprint density at radius 1 is 1.15 bits per heavy atom. The molecule has 1 heterocycles. The number of carbonyl (C=O) groups excluding carboxylic acids is 1. The second-order valence-corrected chi connectivity index (χ2v) is 6.74. The molecule has 1 aliphatic carbocycles. The molecule has 1 unspecified atom stereocenters. The summed E-state index contributed by atoms with van der Waals surface area (Å²) in [4.78, 5) is 18.8. The van der Waals surface area contributed by atoms with Crippen molar-refractivity contribution in [3.8, 4) is 11.3 Å². The number of nitrogens with zero attached hydrogens (tertiary/aromatic N) is 2. The molecule has 1 atom stereocenters. The minimum Gasteiger partial charge on any atom is -0.441 e. The molecule has 1 aromatic heterocycles. The Hall–Kier alpha value is -2.88. The van der Waals surface area contributed by atoms with Crippen molar-refractivity contribution in [2.45, 2.75) is 31.7 Å². The van der Waals surface area contributed by atoms with E-state index in [1.807, 2.05) is 48.3 Å². The van der Waals surface area contributed by atoms with Gasteiger partial charge in [-0.25, -0.2) is 4.98 Å². The predicted molar refractivity (Wildman–Crippen MR) is 101 cm³/mol. The van der Waals surface area contributed by atoms with Crippen molar-refractivity contribution in [3.05, 3.63) is 77.8 Å². The third-order valence-corrected chi connectivity index (χ3v) is 5.13. The molecule has 1 amide bonds. The fourth-order valence-corrected chi connectivity index (χ4v) is 3.66. The highest BCUT2D eigenvalue weighted by Gasteiger charge is 2.28. The van der Waals surface area contributed by atoms with E-state index in [-0.39, 0.29) is 11.9 Å². The molecule has 0 bridgehead atoms. The van der Waals surface area contributed by atoms with Crippen molar-refractivity contribution >= 4 is 5.91 Å². The maximum atomic E-state index is 12.6. The Bertz CT molecular complexity index is 901. The molecule has 0 N–H and O–H groups in total. The lowest BCUT2D eigenvalue weighted by Gasteiger charge is -2.25. The number of oxazole rings is 1. The van der Waals surface area contributed by atoms with E-state index < -0.39 is 0 Å². The van der Waals surface area contributed by atoms with E-state index >= 15 is 0 Å². The van der Waals surface area contributed by atoms with Gasteiger partial charge in [0.15, 0.2) is 11.7 Å². The largest absolute Gasteiger partial charge is 0.441 e. The van der Waals surface area contributed by atoms with Crippen LogP contribution in [-0.4, -0.2) is 22.8 Å². The van der Waals surface area contributed by atoms with E-state index in [2.05, 4.69) is 23.2 Å². The zero-order valence-corrected chi connectivity index (χ0v) is 14.9. The van der Waals surface area contributed by atoms with Gasteiger partial charge >= 0.3 is 0 Å². The van der Waals surface area contributed by atoms with Crippen LogP contribution in [0.15, 0.2) is 65.2 Å². The molecular formula is C22H22N2O2. The summed E-state index contributed by atoms with van der Waals surface area (Å²) in [7, 11) is 1.90. The Kier molecular flexibility index (Phi) is 4.57. The second-order valence-electron chi connectivity index (χ2n) is 6.74. The Balaban J connectivity index is 1.38. The zero-order chi connectivity index (χ0) is 17.9. The normalized spacial score (nSPS) is 15.7. The topological polar surface area (TPSA) is 46.3 Å². The van der Waals surface area contributed by atoms with Crippen LogP contribution in [-0.2, 0) is 17.6 Å². The molecule has 0 fully saturated rings. The van der Waals surface area contributed by atoms with Gasteiger partial charge in [0.05, 0.1) is 12.2 Å². The Morgan fingerprint density at radius 3 is 2.77 bits per heavy atom. The van der Waals surface area contributed by atoms with Crippen molar-refractivity contribution in [2.24, 2.45) is 0 Å². The highest BCUT2D eigenvalue weighted by atomic mass is 16.4. The van der Waals surface area contributed by atoms with Crippen LogP contribution in [0.2, 0.25) is 0 Å². The molecule has 132 valence electrons. The maximum absolute atomic E-state index is 12.6. The van der Waals surface area contributed by atoms with E-state index in [1.165, 1.54) is 11.1 Å². The number of aryl methyl sites for hydroxylation is 2. The maximum Gasteiger partial charge on any atom is 0.223 e. The molecule has 0 spiro atoms. The van der Waals surface area contributed by atoms with E-state index in [4.69, 9.17) is 4.42 Å². The highest BCUT2D eigenvalue weighted by Crippen LogP contribution is 2.35. The molecule has 26 heavy (non-hydrogen) atoms. The van der Waals surface area contributed by atoms with Crippen molar-refractivity contribution in [2.75, 3.05) is 7.05 Å². The molecule has 0 saturated heterocycles. The van der Waals surface area contributed by atoms with Crippen LogP contribution in [0.4, 0.5) is 0 Å². The van der Waals surface area contributed by atoms with Crippen LogP contribution in [0.3, 0.4) is 0 Å². The van der Waals surface area contributed by atoms with Gasteiger partial charge in [0.2, 0.25) is 5.91 Å². The first-order valence-electron chi connectivity index (χ1n) is 9.06. The van der Waals surface area contributed by atoms with Crippen molar-refractivity contribution in [1.29, 1.82) is 0 Å². The van der Waals surface area contributed by atoms with Crippen LogP contribution in [0.1, 0.15) is 35.9 Å². The fourth-order valence-electron chi connectivity index (χ4n) is 3.66. The number of fused-ring (bicyclic) bond motifs is 1. The second kappa shape index (κ2) is 7.16. The van der Waals surface area contributed by atoms with E-state index in [1.54, 1.807) is 6.20 Å². The summed E-state index contributed by atoms with van der Waals surface area (Å²) in [6.45, 7) is 0. The average molecular weight is 346 g/mol. The highest BCUT2D eigenvalue weighted by molar-refractivity contribution is 5.76. The molecule has 4 heteroatoms. The minimum atomic E-state index is 0.131. The van der Waals surface area contributed by atoms with E-state index in [0.717, 1.165) is 24.2 Å². The van der Waals surface area contributed by atoms with Gasteiger partial charge in [-0.1, -0.05) is 54.6 Å². The summed E-state index contributed by atoms with van der Waals surface area (Å²) in [5.41, 5.74) is 3.64. The van der Waals surface area contributed by atoms with Crippen molar-refractivity contribution in [3.63, 3.8) is 0 Å². The summed E-state index contributed by atoms with van der Waals surface area (Å²) in [5.74, 6) is 1.48. The molecule has 0 aliphatic heterocycles. The smallest absolute Gasteiger partial charge is 0.223 e. The number of rotatable bonds is 5. The third-order valence-electron chi connectivity index (χ3n) is 5.13. The van der Waals surface area contributed by atoms with Crippen LogP contribution in [0, 0.1) is 0 Å². The van der Waals surface area contributed by atoms with Gasteiger partial charge in [-0.05, 0) is 24.0 Å². The van der Waals surface area contributed by atoms with Gasteiger partial charge in [0.25, 0.3) is 0 Å². The molecule has 0 radical (unpaired) electrons. The van der Waals surface area contributed by atoms with Gasteiger partial charge in [0.1, 0.15) is 0 Å². The van der Waals surface area contributed by atoms with Gasteiger partial charge < -0.3 is 9.32 Å². The summed E-state index contributed by atoms with van der Waals surface area (Å²) >= 11 is 0. The number of benzene rings is 2. The van der Waals surface area contributed by atoms with Crippen LogP contribution < -0.4 is 0 Å². The first kappa shape index (κ1) is 16.6. The lowest BCUT2D eigenvalue weighted by molar-refractivity contribution is -0.132. The Labute approximate surface area is 153 Å². The molecule has 4 rings (SSSR count). The van der Waals surface area contributed by atoms with Gasteiger partial charge in [-0.2, -0.15) is 0 Å². The summed E-state index contributed by atoms with van der Waals surface area (Å²) in [5, 5.41) is 0. The van der Waals surface area contributed by atoms with Gasteiger partial charge in [-0.3, -0.25) is 4.79 Å². The Morgan fingerprint density at radius 2 is 1.92 bits per heavy atom. The first-order valence-corrected chi connectivity index (χ1v) is 9.06. The van der Waals surface area contributed by atoms with Crippen LogP contribution in [0.25, 0.3) is 11.3 Å². The molecule has 0 saturated carbocycles. The molecule has 3 aromatic rings. The van der Waals surface area contributed by atoms with Gasteiger partial charge in [0, 0.05) is 25.5 Å². The summed E-state index contributed by atoms with van der Waals surface area (Å²) < 4.78 is 5.80. The third kappa shape index (κ3) is 3.27. The molecule has 4 nitrogen and oxygen atoms in total. The standard InChI is InChI=1S/C22H22N2O2/c1-24(19-12-11-16-7-5-6-10-18(16)19)22(25)14-13-21-23-15-20(26-21)17-8-3-2-4-9-17/h2-10,15,19H,11-14H2,1H3. The number of hydrogen-bond acceptors (Lipinski definition) is 3. The van der Waals surface area contributed by atoms with E-state index in [9.17, 15) is 4.79 Å². The summed E-state index contributed by atoms with van der Waals surface area (Å²) in [6, 6.07) is 18.5. The quantitative estimate of drug-likeness (QED) is 0.687. The van der Waals surface area contributed by atoms with Crippen molar-refractivity contribution in [1.82, 2.24) is 9.88 Å². The van der Waals surface area contributed by atoms with Crippen molar-refractivity contribution < 1.29 is 9.21 Å². The minimum absolute atomic E-state index is 0.131. The van der Waals surface area contributed by atoms with Crippen LogP contribution in [0.5, 0.6) is 0 Å². The number of aromatic nitrogens is 1. The summed E-state index contributed by atoms with van der Waals surface area (Å²) in [6.07, 6.45) is 4.69. The molecular weight excluding hydrogens is 324 g/mol. The lowest BCUT2D eigenvalue weighted by Crippen LogP contribution is -2.30. The molecule has 2 aromatic carbocycles. The van der Waals surface area contributed by atoms with Gasteiger partial charge in [-0.15, -0.1) is 0 Å². The first-order chi connectivity index (χ1) is 12.7. The fraction of sp³-hybridized carbons (Fsp3) is 0.273.